The van der Waals surface area contributed by atoms with Crippen LogP contribution in [0.3, 0.4) is 0 Å². The summed E-state index contributed by atoms with van der Waals surface area (Å²) in [5.41, 5.74) is 3.84. The first kappa shape index (κ1) is 30.4. The molecular weight excluding hydrogens is 578 g/mol. The molecule has 0 unspecified atom stereocenters. The van der Waals surface area contributed by atoms with Crippen molar-refractivity contribution in [3.63, 3.8) is 0 Å². The van der Waals surface area contributed by atoms with E-state index in [9.17, 15) is 18.0 Å². The zero-order valence-corrected chi connectivity index (χ0v) is 25.4. The van der Waals surface area contributed by atoms with Gasteiger partial charge in [-0.2, -0.15) is 0 Å². The van der Waals surface area contributed by atoms with E-state index in [2.05, 4.69) is 21.2 Å². The number of aryl methyl sites for hydroxylation is 1. The molecule has 7 nitrogen and oxygen atoms in total. The monoisotopic (exact) mass is 613 g/mol. The predicted octanol–water partition coefficient (Wildman–Crippen LogP) is 5.00. The lowest BCUT2D eigenvalue weighted by Crippen LogP contribution is -2.54. The van der Waals surface area contributed by atoms with Crippen LogP contribution in [0.4, 0.5) is 5.69 Å². The molecule has 3 aromatic rings. The average Bonchev–Trinajstić information content (AvgIpc) is 2.87. The normalized spacial score (nSPS) is 12.2. The Balaban J connectivity index is 2.07. The standard InChI is InChI=1S/C30H36BrN3O4S/c1-21(2)32-30(36)28(18-24-11-7-6-8-12-24)33(19-25-14-16-26(31)17-15-25)29(35)20-34(39(5,37)38)27-13-9-10-22(3)23(27)4/h6-17,21,28H,18-20H2,1-5H3,(H,32,36)/t28-/m0/s1. The van der Waals surface area contributed by atoms with Crippen LogP contribution in [0, 0.1) is 13.8 Å². The number of nitrogens with one attached hydrogen (secondary N) is 1. The van der Waals surface area contributed by atoms with Crippen LogP contribution in [0.2, 0.25) is 0 Å². The van der Waals surface area contributed by atoms with Crippen LogP contribution in [0.25, 0.3) is 0 Å². The van der Waals surface area contributed by atoms with Gasteiger partial charge in [-0.05, 0) is 68.1 Å². The van der Waals surface area contributed by atoms with Gasteiger partial charge in [0.25, 0.3) is 0 Å². The van der Waals surface area contributed by atoms with E-state index in [1.807, 2.05) is 88.4 Å². The molecule has 208 valence electrons. The minimum Gasteiger partial charge on any atom is -0.352 e. The van der Waals surface area contributed by atoms with E-state index in [4.69, 9.17) is 0 Å². The second kappa shape index (κ2) is 13.3. The predicted molar refractivity (Wildman–Crippen MR) is 160 cm³/mol. The van der Waals surface area contributed by atoms with Crippen LogP contribution in [0.5, 0.6) is 0 Å². The quantitative estimate of drug-likeness (QED) is 0.330. The van der Waals surface area contributed by atoms with Crippen molar-refractivity contribution in [3.05, 3.63) is 99.5 Å². The van der Waals surface area contributed by atoms with Gasteiger partial charge in [0.15, 0.2) is 0 Å². The molecule has 0 aliphatic heterocycles. The number of halogens is 1. The van der Waals surface area contributed by atoms with Crippen molar-refractivity contribution in [2.75, 3.05) is 17.1 Å². The third-order valence-electron chi connectivity index (χ3n) is 6.49. The minimum absolute atomic E-state index is 0.136. The first-order valence-electron chi connectivity index (χ1n) is 12.8. The minimum atomic E-state index is -3.81. The van der Waals surface area contributed by atoms with Gasteiger partial charge < -0.3 is 10.2 Å². The van der Waals surface area contributed by atoms with E-state index in [0.717, 1.165) is 37.3 Å². The van der Waals surface area contributed by atoms with Gasteiger partial charge in [0.1, 0.15) is 12.6 Å². The van der Waals surface area contributed by atoms with Crippen LogP contribution in [-0.2, 0) is 32.6 Å². The van der Waals surface area contributed by atoms with Crippen molar-refractivity contribution in [1.29, 1.82) is 0 Å². The fraction of sp³-hybridized carbons (Fsp3) is 0.333. The number of nitrogens with zero attached hydrogens (tertiary/aromatic N) is 2. The number of benzene rings is 3. The molecule has 1 N–H and O–H groups in total. The van der Waals surface area contributed by atoms with Gasteiger partial charge in [0.2, 0.25) is 21.8 Å². The summed E-state index contributed by atoms with van der Waals surface area (Å²) in [6.07, 6.45) is 1.37. The van der Waals surface area contributed by atoms with Crippen LogP contribution >= 0.6 is 15.9 Å². The van der Waals surface area contributed by atoms with Gasteiger partial charge in [-0.1, -0.05) is 70.5 Å². The molecule has 9 heteroatoms. The molecule has 0 saturated heterocycles. The SMILES string of the molecule is Cc1cccc(N(CC(=O)N(Cc2ccc(Br)cc2)[C@@H](Cc2ccccc2)C(=O)NC(C)C)S(C)(=O)=O)c1C. The van der Waals surface area contributed by atoms with Crippen molar-refractivity contribution in [3.8, 4) is 0 Å². The second-order valence-corrected chi connectivity index (χ2v) is 12.8. The third-order valence-corrected chi connectivity index (χ3v) is 8.15. The highest BCUT2D eigenvalue weighted by Crippen LogP contribution is 2.26. The zero-order chi connectivity index (χ0) is 28.7. The van der Waals surface area contributed by atoms with Crippen molar-refractivity contribution < 1.29 is 18.0 Å². The number of hydrogen-bond donors (Lipinski definition) is 1. The van der Waals surface area contributed by atoms with Gasteiger partial charge >= 0.3 is 0 Å². The third kappa shape index (κ3) is 8.41. The molecule has 2 amide bonds. The Labute approximate surface area is 240 Å². The summed E-state index contributed by atoms with van der Waals surface area (Å²) in [6.45, 7) is 7.17. The maximum atomic E-state index is 14.1. The van der Waals surface area contributed by atoms with Gasteiger partial charge in [-0.3, -0.25) is 13.9 Å². The molecule has 1 atom stereocenters. The summed E-state index contributed by atoms with van der Waals surface area (Å²) in [5.74, 6) is -0.763. The number of carbonyl (C=O) groups excluding carboxylic acids is 2. The molecule has 0 radical (unpaired) electrons. The average molecular weight is 615 g/mol. The molecule has 3 aromatic carbocycles. The lowest BCUT2D eigenvalue weighted by Gasteiger charge is -2.34. The highest BCUT2D eigenvalue weighted by Gasteiger charge is 2.33. The van der Waals surface area contributed by atoms with Crippen molar-refractivity contribution in [2.45, 2.75) is 52.7 Å². The Morgan fingerprint density at radius 1 is 0.897 bits per heavy atom. The number of anilines is 1. The summed E-state index contributed by atoms with van der Waals surface area (Å²) in [4.78, 5) is 29.1. The summed E-state index contributed by atoms with van der Waals surface area (Å²) in [5, 5.41) is 2.95. The van der Waals surface area contributed by atoms with E-state index in [0.29, 0.717) is 5.69 Å². The van der Waals surface area contributed by atoms with Gasteiger partial charge in [0.05, 0.1) is 11.9 Å². The van der Waals surface area contributed by atoms with Crippen molar-refractivity contribution >= 4 is 43.5 Å². The van der Waals surface area contributed by atoms with Crippen LogP contribution < -0.4 is 9.62 Å². The number of hydrogen-bond acceptors (Lipinski definition) is 4. The fourth-order valence-electron chi connectivity index (χ4n) is 4.32. The summed E-state index contributed by atoms with van der Waals surface area (Å²) in [7, 11) is -3.81. The molecule has 0 fully saturated rings. The first-order chi connectivity index (χ1) is 18.4. The van der Waals surface area contributed by atoms with Crippen LogP contribution in [-0.4, -0.2) is 50.0 Å². The zero-order valence-electron chi connectivity index (χ0n) is 23.0. The van der Waals surface area contributed by atoms with E-state index < -0.39 is 28.5 Å². The van der Waals surface area contributed by atoms with Crippen molar-refractivity contribution in [2.24, 2.45) is 0 Å². The van der Waals surface area contributed by atoms with Gasteiger partial charge in [-0.15, -0.1) is 0 Å². The molecule has 0 aliphatic carbocycles. The van der Waals surface area contributed by atoms with Crippen LogP contribution in [0.15, 0.2) is 77.3 Å². The Bertz CT molecular complexity index is 1390. The van der Waals surface area contributed by atoms with Crippen LogP contribution in [0.1, 0.15) is 36.1 Å². The summed E-state index contributed by atoms with van der Waals surface area (Å²) in [6, 6.07) is 21.4. The van der Waals surface area contributed by atoms with E-state index >= 15 is 0 Å². The van der Waals surface area contributed by atoms with Gasteiger partial charge in [0, 0.05) is 23.5 Å². The Kier molecular flexibility index (Phi) is 10.3. The Hall–Kier alpha value is -3.17. The molecule has 0 aromatic heterocycles. The molecule has 0 spiro atoms. The molecule has 39 heavy (non-hydrogen) atoms. The van der Waals surface area contributed by atoms with E-state index in [1.54, 1.807) is 12.1 Å². The molecule has 0 saturated carbocycles. The Morgan fingerprint density at radius 3 is 2.13 bits per heavy atom. The highest BCUT2D eigenvalue weighted by atomic mass is 79.9. The summed E-state index contributed by atoms with van der Waals surface area (Å²) >= 11 is 3.44. The lowest BCUT2D eigenvalue weighted by atomic mass is 10.0. The molecule has 3 rings (SSSR count). The van der Waals surface area contributed by atoms with Crippen molar-refractivity contribution in [1.82, 2.24) is 10.2 Å². The number of sulfonamides is 1. The van der Waals surface area contributed by atoms with E-state index in [1.165, 1.54) is 4.90 Å². The largest absolute Gasteiger partial charge is 0.352 e. The number of rotatable bonds is 11. The molecular formula is C30H36BrN3O4S. The summed E-state index contributed by atoms with van der Waals surface area (Å²) < 4.78 is 27.9. The lowest BCUT2D eigenvalue weighted by molar-refractivity contribution is -0.140. The topological polar surface area (TPSA) is 86.8 Å². The number of amides is 2. The second-order valence-electron chi connectivity index (χ2n) is 10.0. The van der Waals surface area contributed by atoms with E-state index in [-0.39, 0.29) is 24.9 Å². The smallest absolute Gasteiger partial charge is 0.244 e. The highest BCUT2D eigenvalue weighted by molar-refractivity contribution is 9.10. The molecule has 0 heterocycles. The Morgan fingerprint density at radius 2 is 1.54 bits per heavy atom. The first-order valence-corrected chi connectivity index (χ1v) is 15.4. The molecule has 0 bridgehead atoms. The molecule has 0 aliphatic rings. The maximum Gasteiger partial charge on any atom is 0.244 e. The van der Waals surface area contributed by atoms with Gasteiger partial charge in [-0.25, -0.2) is 8.42 Å². The number of carbonyl (C=O) groups is 2. The fourth-order valence-corrected chi connectivity index (χ4v) is 5.49. The maximum absolute atomic E-state index is 14.1.